The molecule has 8 nitrogen and oxygen atoms in total. The maximum Gasteiger partial charge on any atom is 0.304 e. The number of fused-ring (bicyclic) bond motifs is 1. The van der Waals surface area contributed by atoms with Gasteiger partial charge in [-0.3, -0.25) is 19.3 Å². The van der Waals surface area contributed by atoms with E-state index in [2.05, 4.69) is 0 Å². The Hall–Kier alpha value is -3.08. The van der Waals surface area contributed by atoms with Gasteiger partial charge in [-0.1, -0.05) is 43.3 Å². The van der Waals surface area contributed by atoms with E-state index in [1.54, 1.807) is 18.0 Å². The van der Waals surface area contributed by atoms with Crippen LogP contribution in [0.15, 0.2) is 48.5 Å². The number of aryl methyl sites for hydroxylation is 1. The highest BCUT2D eigenvalue weighted by Crippen LogP contribution is 2.47. The third-order valence-corrected chi connectivity index (χ3v) is 11.6. The van der Waals surface area contributed by atoms with Gasteiger partial charge in [-0.15, -0.1) is 0 Å². The zero-order chi connectivity index (χ0) is 30.2. The lowest BCUT2D eigenvalue weighted by molar-refractivity contribution is -0.154. The number of benzene rings is 2. The number of hydrogen-bond acceptors (Lipinski definition) is 6. The highest BCUT2D eigenvalue weighted by Gasteiger charge is 2.52. The molecule has 2 saturated heterocycles. The van der Waals surface area contributed by atoms with Gasteiger partial charge in [0.2, 0.25) is 20.2 Å². The molecule has 1 N–H and O–H groups in total. The number of aliphatic hydroxyl groups excluding tert-OH is 1. The van der Waals surface area contributed by atoms with E-state index in [9.17, 15) is 19.5 Å². The molecule has 3 aliphatic rings. The van der Waals surface area contributed by atoms with Crippen LogP contribution in [-0.2, 0) is 43.2 Å². The first-order valence-corrected chi connectivity index (χ1v) is 17.8. The van der Waals surface area contributed by atoms with E-state index in [0.29, 0.717) is 31.5 Å². The molecule has 226 valence electrons. The summed E-state index contributed by atoms with van der Waals surface area (Å²) in [6.07, 6.45) is 0.842. The number of halogens is 1. The molecule has 1 unspecified atom stereocenters. The number of ether oxygens (including phenoxy) is 2. The number of aliphatic hydroxyl groups is 1. The van der Waals surface area contributed by atoms with Crippen molar-refractivity contribution in [3.05, 3.63) is 65.2 Å². The van der Waals surface area contributed by atoms with Crippen molar-refractivity contribution in [1.82, 2.24) is 4.90 Å². The van der Waals surface area contributed by atoms with E-state index in [4.69, 9.17) is 9.47 Å². The lowest BCUT2D eigenvalue weighted by atomic mass is 9.93. The maximum absolute atomic E-state index is 15.7. The van der Waals surface area contributed by atoms with Crippen molar-refractivity contribution in [2.75, 3.05) is 11.5 Å². The van der Waals surface area contributed by atoms with Crippen LogP contribution in [0.3, 0.4) is 0 Å². The molecule has 3 aliphatic heterocycles. The quantitative estimate of drug-likeness (QED) is 0.198. The Morgan fingerprint density at radius 2 is 1.83 bits per heavy atom. The molecule has 2 amide bonds. The Labute approximate surface area is 248 Å². The lowest BCUT2D eigenvalue weighted by Crippen LogP contribution is -2.54. The largest absolute Gasteiger partial charge is 0.441 e. The summed E-state index contributed by atoms with van der Waals surface area (Å²) in [4.78, 5) is 40.5. The first-order valence-electron chi connectivity index (χ1n) is 14.9. The molecule has 2 aromatic carbocycles. The Morgan fingerprint density at radius 1 is 1.10 bits per heavy atom. The summed E-state index contributed by atoms with van der Waals surface area (Å²) < 4.78 is 27.5. The Bertz CT molecular complexity index is 1330. The van der Waals surface area contributed by atoms with Crippen LogP contribution in [0.25, 0.3) is 0 Å². The van der Waals surface area contributed by atoms with Crippen molar-refractivity contribution >= 4 is 31.9 Å². The summed E-state index contributed by atoms with van der Waals surface area (Å²) in [5.41, 5.74) is 3.56. The summed E-state index contributed by atoms with van der Waals surface area (Å²) in [6, 6.07) is 15.3. The third kappa shape index (κ3) is 6.30. The fraction of sp³-hybridized carbons (Fsp3) is 0.531. The van der Waals surface area contributed by atoms with Crippen molar-refractivity contribution in [2.24, 2.45) is 5.92 Å². The average molecular weight is 597 g/mol. The smallest absolute Gasteiger partial charge is 0.304 e. The van der Waals surface area contributed by atoms with E-state index in [1.165, 1.54) is 11.8 Å². The zero-order valence-electron chi connectivity index (χ0n) is 24.8. The summed E-state index contributed by atoms with van der Waals surface area (Å²) in [6.45, 7) is 7.05. The molecule has 6 atom stereocenters. The molecule has 3 heterocycles. The predicted molar refractivity (Wildman–Crippen MR) is 159 cm³/mol. The van der Waals surface area contributed by atoms with Gasteiger partial charge in [0.05, 0.1) is 37.7 Å². The van der Waals surface area contributed by atoms with Gasteiger partial charge in [0.1, 0.15) is 0 Å². The van der Waals surface area contributed by atoms with Crippen molar-refractivity contribution in [3.63, 3.8) is 0 Å². The minimum atomic E-state index is -3.18. The van der Waals surface area contributed by atoms with Gasteiger partial charge >= 0.3 is 5.97 Å². The van der Waals surface area contributed by atoms with E-state index in [0.717, 1.165) is 16.7 Å². The first kappa shape index (κ1) is 30.4. The number of rotatable bonds is 9. The van der Waals surface area contributed by atoms with E-state index >= 15 is 4.11 Å². The second-order valence-electron chi connectivity index (χ2n) is 12.4. The minimum absolute atomic E-state index is 0.0568. The van der Waals surface area contributed by atoms with Crippen molar-refractivity contribution < 1.29 is 33.1 Å². The summed E-state index contributed by atoms with van der Waals surface area (Å²) in [5, 5.41) is 10.1. The molecule has 0 radical (unpaired) electrons. The predicted octanol–water partition coefficient (Wildman–Crippen LogP) is 4.53. The maximum atomic E-state index is 15.7. The number of anilines is 1. The molecule has 5 rings (SSSR count). The van der Waals surface area contributed by atoms with Crippen LogP contribution in [0.1, 0.15) is 49.8 Å². The van der Waals surface area contributed by atoms with Crippen molar-refractivity contribution in [1.29, 1.82) is 0 Å². The molecule has 0 aliphatic carbocycles. The molecular formula is C32H41FN2O6Si. The third-order valence-electron chi connectivity index (χ3n) is 9.07. The summed E-state index contributed by atoms with van der Waals surface area (Å²) in [5.74, 6) is -0.699. The second-order valence-corrected chi connectivity index (χ2v) is 16.2. The van der Waals surface area contributed by atoms with E-state index in [-0.39, 0.29) is 54.9 Å². The van der Waals surface area contributed by atoms with Crippen LogP contribution < -0.4 is 4.90 Å². The second kappa shape index (κ2) is 12.3. The topological polar surface area (TPSA) is 96.4 Å². The van der Waals surface area contributed by atoms with Gasteiger partial charge < -0.3 is 23.6 Å². The highest BCUT2D eigenvalue weighted by atomic mass is 28.4. The number of nitrogens with zero attached hydrogens (tertiary/aromatic N) is 2. The number of amides is 2. The van der Waals surface area contributed by atoms with Gasteiger partial charge in [-0.2, -0.15) is 0 Å². The molecule has 42 heavy (non-hydrogen) atoms. The summed E-state index contributed by atoms with van der Waals surface area (Å²) in [7, 11) is -3.18. The Balaban J connectivity index is 1.26. The van der Waals surface area contributed by atoms with Crippen LogP contribution in [-0.4, -0.2) is 67.3 Å². The van der Waals surface area contributed by atoms with Crippen molar-refractivity contribution in [2.45, 2.75) is 95.6 Å². The monoisotopic (exact) mass is 596 g/mol. The fourth-order valence-electron chi connectivity index (χ4n) is 7.06. The number of carbonyl (C=O) groups excluding carboxylic acids is 3. The van der Waals surface area contributed by atoms with Gasteiger partial charge in [0.25, 0.3) is 0 Å². The molecule has 0 aromatic heterocycles. The SMILES string of the molecule is CC(=O)OC1CC(=O)N1c1cccc(CC[C@@H]2O[C@H](CC(=O)N3Cc4ccccc4C[C@H]3CO)[C@@H]([Si](C)(C)F)[C@@H]2C)c1. The van der Waals surface area contributed by atoms with E-state index in [1.807, 2.05) is 55.5 Å². The zero-order valence-corrected chi connectivity index (χ0v) is 25.8. The number of carbonyl (C=O) groups is 3. The average Bonchev–Trinajstić information content (AvgIpc) is 3.25. The fourth-order valence-corrected chi connectivity index (χ4v) is 9.61. The molecule has 2 fully saturated rings. The standard InChI is InChI=1S/C32H41FN2O6Si/c1-20-27(13-12-22-8-7-11-25(14-22)35-30(39)17-31(35)40-21(2)37)41-28(32(20)42(3,4)33)16-29(38)34-18-24-10-6-5-9-23(24)15-26(34)19-36/h5-11,14,20,26-28,31-32,36H,12-13,15-19H2,1-4H3/t20-,26+,27+,28-,31?,32+/m1/s1. The van der Waals surface area contributed by atoms with Crippen LogP contribution in [0.4, 0.5) is 9.80 Å². The molecule has 2 aromatic rings. The van der Waals surface area contributed by atoms with Gasteiger partial charge in [0, 0.05) is 24.7 Å². The van der Waals surface area contributed by atoms with Gasteiger partial charge in [-0.25, -0.2) is 0 Å². The highest BCUT2D eigenvalue weighted by molar-refractivity contribution is 6.72. The molecule has 10 heteroatoms. The molecule has 0 spiro atoms. The number of β-lactam (4-membered cyclic amide) rings is 1. The summed E-state index contributed by atoms with van der Waals surface area (Å²) >= 11 is 0. The molecule has 0 saturated carbocycles. The van der Waals surface area contributed by atoms with Gasteiger partial charge in [-0.05, 0) is 67.1 Å². The van der Waals surface area contributed by atoms with Crippen LogP contribution in [0.5, 0.6) is 0 Å². The normalized spacial score (nSPS) is 27.4. The molecular weight excluding hydrogens is 555 g/mol. The molecule has 0 bridgehead atoms. The first-order chi connectivity index (χ1) is 20.0. The van der Waals surface area contributed by atoms with E-state index < -0.39 is 26.7 Å². The van der Waals surface area contributed by atoms with Gasteiger partial charge in [0.15, 0.2) is 6.23 Å². The Kier molecular flexibility index (Phi) is 8.87. The van der Waals surface area contributed by atoms with Crippen LogP contribution >= 0.6 is 0 Å². The number of hydrogen-bond donors (Lipinski definition) is 1. The van der Waals surface area contributed by atoms with Crippen molar-refractivity contribution in [3.8, 4) is 0 Å². The van der Waals surface area contributed by atoms with Crippen LogP contribution in [0.2, 0.25) is 18.6 Å². The van der Waals surface area contributed by atoms with Crippen LogP contribution in [0, 0.1) is 5.92 Å². The number of esters is 1. The lowest BCUT2D eigenvalue weighted by Gasteiger charge is -2.39. The Morgan fingerprint density at radius 3 is 2.50 bits per heavy atom. The minimum Gasteiger partial charge on any atom is -0.441 e.